The third-order valence-corrected chi connectivity index (χ3v) is 3.57. The number of aromatic amines is 1. The van der Waals surface area contributed by atoms with Crippen molar-refractivity contribution in [2.75, 3.05) is 11.9 Å². The smallest absolute Gasteiger partial charge is 0.262 e. The highest BCUT2D eigenvalue weighted by molar-refractivity contribution is 6.31. The number of H-pyrrole nitrogens is 1. The molecule has 0 bridgehead atoms. The average molecular weight is 347 g/mol. The molecule has 0 aliphatic carbocycles. The molecule has 2 aromatic carbocycles. The van der Waals surface area contributed by atoms with Crippen LogP contribution in [0.1, 0.15) is 0 Å². The highest BCUT2D eigenvalue weighted by Gasteiger charge is 2.08. The number of para-hydroxylation sites is 1. The van der Waals surface area contributed by atoms with Gasteiger partial charge in [-0.1, -0.05) is 23.7 Å². The van der Waals surface area contributed by atoms with Gasteiger partial charge >= 0.3 is 0 Å². The fraction of sp³-hybridized carbons (Fsp3) is 0.0588. The number of pyridine rings is 1. The van der Waals surface area contributed by atoms with E-state index in [1.807, 2.05) is 6.07 Å². The van der Waals surface area contributed by atoms with Crippen LogP contribution in [0.2, 0.25) is 5.02 Å². The van der Waals surface area contributed by atoms with Gasteiger partial charge in [0.05, 0.1) is 10.5 Å². The highest BCUT2D eigenvalue weighted by Crippen LogP contribution is 2.22. The molecular weight excluding hydrogens is 335 g/mol. The standard InChI is InChI=1S/C17H12ClFN2O3/c18-12-8-11(5-6-13(12)19)20-16(23)9-24-14-3-1-2-10-4-7-15(22)21-17(10)14/h1-8H,9H2,(H,20,23)(H,21,22). The lowest BCUT2D eigenvalue weighted by atomic mass is 10.2. The Morgan fingerprint density at radius 2 is 2.04 bits per heavy atom. The number of nitrogens with one attached hydrogen (secondary N) is 2. The number of amides is 1. The first kappa shape index (κ1) is 16.0. The van der Waals surface area contributed by atoms with Crippen molar-refractivity contribution < 1.29 is 13.9 Å². The summed E-state index contributed by atoms with van der Waals surface area (Å²) in [6, 6.07) is 12.2. The summed E-state index contributed by atoms with van der Waals surface area (Å²) in [6.45, 7) is -0.273. The van der Waals surface area contributed by atoms with Crippen LogP contribution in [0.4, 0.5) is 10.1 Å². The zero-order valence-corrected chi connectivity index (χ0v) is 13.1. The van der Waals surface area contributed by atoms with E-state index in [9.17, 15) is 14.0 Å². The van der Waals surface area contributed by atoms with Crippen molar-refractivity contribution in [3.8, 4) is 5.75 Å². The molecule has 1 heterocycles. The number of anilines is 1. The number of hydrogen-bond donors (Lipinski definition) is 2. The lowest BCUT2D eigenvalue weighted by molar-refractivity contribution is -0.118. The molecule has 1 aromatic heterocycles. The maximum atomic E-state index is 13.1. The van der Waals surface area contributed by atoms with E-state index in [-0.39, 0.29) is 17.2 Å². The van der Waals surface area contributed by atoms with Crippen molar-refractivity contribution >= 4 is 34.1 Å². The minimum absolute atomic E-state index is 0.0830. The van der Waals surface area contributed by atoms with Crippen LogP contribution < -0.4 is 15.6 Å². The van der Waals surface area contributed by atoms with E-state index in [0.717, 1.165) is 11.5 Å². The molecule has 0 fully saturated rings. The van der Waals surface area contributed by atoms with Crippen molar-refractivity contribution in [2.24, 2.45) is 0 Å². The summed E-state index contributed by atoms with van der Waals surface area (Å²) in [4.78, 5) is 26.1. The maximum absolute atomic E-state index is 13.1. The van der Waals surface area contributed by atoms with Crippen LogP contribution in [0.5, 0.6) is 5.75 Å². The summed E-state index contributed by atoms with van der Waals surface area (Å²) in [5.74, 6) is -0.615. The summed E-state index contributed by atoms with van der Waals surface area (Å²) < 4.78 is 18.6. The third kappa shape index (κ3) is 3.55. The Balaban J connectivity index is 1.71. The molecule has 7 heteroatoms. The van der Waals surface area contributed by atoms with Gasteiger partial charge in [0, 0.05) is 17.1 Å². The molecule has 0 saturated heterocycles. The summed E-state index contributed by atoms with van der Waals surface area (Å²) in [5, 5.41) is 3.26. The molecule has 0 aliphatic heterocycles. The maximum Gasteiger partial charge on any atom is 0.262 e. The first-order chi connectivity index (χ1) is 11.5. The minimum Gasteiger partial charge on any atom is -0.482 e. The van der Waals surface area contributed by atoms with Crippen LogP contribution in [0.25, 0.3) is 10.9 Å². The van der Waals surface area contributed by atoms with Crippen LogP contribution in [-0.2, 0) is 4.79 Å². The number of aromatic nitrogens is 1. The topological polar surface area (TPSA) is 71.2 Å². The van der Waals surface area contributed by atoms with Gasteiger partial charge in [0.25, 0.3) is 5.91 Å². The fourth-order valence-electron chi connectivity index (χ4n) is 2.19. The first-order valence-corrected chi connectivity index (χ1v) is 7.40. The second-order valence-corrected chi connectivity index (χ2v) is 5.42. The number of fused-ring (bicyclic) bond motifs is 1. The molecule has 5 nitrogen and oxygen atoms in total. The summed E-state index contributed by atoms with van der Waals surface area (Å²) in [6.07, 6.45) is 0. The predicted octanol–water partition coefficient (Wildman–Crippen LogP) is 3.34. The Morgan fingerprint density at radius 3 is 2.83 bits per heavy atom. The zero-order chi connectivity index (χ0) is 17.1. The van der Waals surface area contributed by atoms with E-state index in [2.05, 4.69) is 10.3 Å². The van der Waals surface area contributed by atoms with Gasteiger partial charge in [-0.25, -0.2) is 4.39 Å². The van der Waals surface area contributed by atoms with Gasteiger partial charge in [-0.15, -0.1) is 0 Å². The number of rotatable bonds is 4. The third-order valence-electron chi connectivity index (χ3n) is 3.28. The molecule has 24 heavy (non-hydrogen) atoms. The van der Waals surface area contributed by atoms with E-state index >= 15 is 0 Å². The number of carbonyl (C=O) groups is 1. The zero-order valence-electron chi connectivity index (χ0n) is 12.3. The molecule has 0 spiro atoms. The normalized spacial score (nSPS) is 10.6. The second-order valence-electron chi connectivity index (χ2n) is 5.01. The van der Waals surface area contributed by atoms with Crippen molar-refractivity contribution in [3.63, 3.8) is 0 Å². The Hall–Kier alpha value is -2.86. The summed E-state index contributed by atoms with van der Waals surface area (Å²) in [5.41, 5.74) is 0.618. The van der Waals surface area contributed by atoms with Gasteiger partial charge in [-0.2, -0.15) is 0 Å². The highest BCUT2D eigenvalue weighted by atomic mass is 35.5. The lowest BCUT2D eigenvalue weighted by Crippen LogP contribution is -2.20. The molecule has 0 saturated carbocycles. The van der Waals surface area contributed by atoms with Crippen LogP contribution in [-0.4, -0.2) is 17.5 Å². The number of benzene rings is 2. The first-order valence-electron chi connectivity index (χ1n) is 7.03. The SMILES string of the molecule is O=C(COc1cccc2ccc(=O)[nH]c12)Nc1ccc(F)c(Cl)c1. The molecule has 0 unspecified atom stereocenters. The van der Waals surface area contributed by atoms with Gasteiger partial charge in [-0.05, 0) is 30.3 Å². The van der Waals surface area contributed by atoms with Crippen LogP contribution >= 0.6 is 11.6 Å². The molecule has 2 N–H and O–H groups in total. The van der Waals surface area contributed by atoms with Crippen LogP contribution in [0.3, 0.4) is 0 Å². The fourth-order valence-corrected chi connectivity index (χ4v) is 2.37. The predicted molar refractivity (Wildman–Crippen MR) is 90.1 cm³/mol. The molecule has 122 valence electrons. The van der Waals surface area contributed by atoms with Crippen LogP contribution in [0.15, 0.2) is 53.3 Å². The summed E-state index contributed by atoms with van der Waals surface area (Å²) in [7, 11) is 0. The Bertz CT molecular complexity index is 971. The molecule has 1 amide bonds. The summed E-state index contributed by atoms with van der Waals surface area (Å²) >= 11 is 5.66. The minimum atomic E-state index is -0.564. The molecule has 0 aliphatic rings. The molecule has 3 aromatic rings. The lowest BCUT2D eigenvalue weighted by Gasteiger charge is -2.10. The van der Waals surface area contributed by atoms with Gasteiger partial charge < -0.3 is 15.0 Å². The van der Waals surface area contributed by atoms with E-state index < -0.39 is 11.7 Å². The Morgan fingerprint density at radius 1 is 1.21 bits per heavy atom. The van der Waals surface area contributed by atoms with Gasteiger partial charge in [-0.3, -0.25) is 9.59 Å². The second kappa shape index (κ2) is 6.72. The number of halogens is 2. The van der Waals surface area contributed by atoms with Crippen molar-refractivity contribution in [2.45, 2.75) is 0 Å². The number of ether oxygens (including phenoxy) is 1. The van der Waals surface area contributed by atoms with Crippen molar-refractivity contribution in [3.05, 3.63) is 69.7 Å². The average Bonchev–Trinajstić information content (AvgIpc) is 2.56. The molecule has 0 radical (unpaired) electrons. The number of carbonyl (C=O) groups excluding carboxylic acids is 1. The van der Waals surface area contributed by atoms with E-state index in [1.54, 1.807) is 18.2 Å². The molecular formula is C17H12ClFN2O3. The monoisotopic (exact) mass is 346 g/mol. The largest absolute Gasteiger partial charge is 0.482 e. The van der Waals surface area contributed by atoms with Gasteiger partial charge in [0.15, 0.2) is 6.61 Å². The molecule has 3 rings (SSSR count). The van der Waals surface area contributed by atoms with Gasteiger partial charge in [0.1, 0.15) is 11.6 Å². The number of hydrogen-bond acceptors (Lipinski definition) is 3. The quantitative estimate of drug-likeness (QED) is 0.761. The van der Waals surface area contributed by atoms with E-state index in [1.165, 1.54) is 18.2 Å². The Kier molecular flexibility index (Phi) is 4.48. The van der Waals surface area contributed by atoms with E-state index in [0.29, 0.717) is 17.0 Å². The van der Waals surface area contributed by atoms with E-state index in [4.69, 9.17) is 16.3 Å². The molecule has 0 atom stereocenters. The Labute approximate surface area is 141 Å². The van der Waals surface area contributed by atoms with Crippen molar-refractivity contribution in [1.82, 2.24) is 4.98 Å². The van der Waals surface area contributed by atoms with Crippen LogP contribution in [0, 0.1) is 5.82 Å². The van der Waals surface area contributed by atoms with Crippen molar-refractivity contribution in [1.29, 1.82) is 0 Å². The van der Waals surface area contributed by atoms with Gasteiger partial charge in [0.2, 0.25) is 5.56 Å².